The molecule has 2 rings (SSSR count). The molecule has 1 aromatic rings. The Morgan fingerprint density at radius 3 is 2.60 bits per heavy atom. The highest BCUT2D eigenvalue weighted by molar-refractivity contribution is 5.74. The van der Waals surface area contributed by atoms with Gasteiger partial charge in [0.15, 0.2) is 6.29 Å². The predicted molar refractivity (Wildman–Crippen MR) is 88.3 cm³/mol. The first-order valence-corrected chi connectivity index (χ1v) is 8.21. The van der Waals surface area contributed by atoms with E-state index >= 15 is 0 Å². The number of rotatable bonds is 8. The Morgan fingerprint density at radius 2 is 1.96 bits per heavy atom. The summed E-state index contributed by atoms with van der Waals surface area (Å²) in [7, 11) is 0. The van der Waals surface area contributed by atoms with E-state index in [1.165, 1.54) is 0 Å². The Labute approximate surface area is 146 Å². The first-order valence-electron chi connectivity index (χ1n) is 8.21. The molecule has 4 N–H and O–H groups in total. The summed E-state index contributed by atoms with van der Waals surface area (Å²) in [6.07, 6.45) is -1.72. The maximum atomic E-state index is 12.0. The number of hydrogen-bond acceptors (Lipinski definition) is 6. The highest BCUT2D eigenvalue weighted by Gasteiger charge is 2.28. The predicted octanol–water partition coefficient (Wildman–Crippen LogP) is 0.671. The average molecular weight is 352 g/mol. The number of nitrogens with two attached hydrogens (primary N) is 1. The molecule has 0 aliphatic carbocycles. The molecule has 1 heterocycles. The van der Waals surface area contributed by atoms with Crippen molar-refractivity contribution < 1.29 is 28.9 Å². The lowest BCUT2D eigenvalue weighted by Crippen LogP contribution is -2.48. The molecule has 0 aromatic heterocycles. The number of amides is 2. The van der Waals surface area contributed by atoms with Crippen LogP contribution in [0.2, 0.25) is 0 Å². The van der Waals surface area contributed by atoms with E-state index < -0.39 is 30.4 Å². The maximum Gasteiger partial charge on any atom is 0.407 e. The second-order valence-corrected chi connectivity index (χ2v) is 5.81. The highest BCUT2D eigenvalue weighted by atomic mass is 16.7. The maximum absolute atomic E-state index is 12.0. The molecule has 0 saturated carbocycles. The average Bonchev–Trinajstić information content (AvgIpc) is 2.60. The lowest BCUT2D eigenvalue weighted by Gasteiger charge is -2.29. The number of carbonyl (C=O) groups is 2. The number of carbonyl (C=O) groups excluding carboxylic acids is 2. The van der Waals surface area contributed by atoms with Gasteiger partial charge in [-0.2, -0.15) is 0 Å². The number of aliphatic hydroxyl groups is 1. The first-order chi connectivity index (χ1) is 12.0. The number of ether oxygens (including phenoxy) is 3. The largest absolute Gasteiger partial charge is 0.445 e. The van der Waals surface area contributed by atoms with Gasteiger partial charge in [0.25, 0.3) is 0 Å². The number of alkyl carbamates (subject to hydrolysis) is 1. The van der Waals surface area contributed by atoms with Crippen LogP contribution in [0.5, 0.6) is 0 Å². The molecule has 1 aromatic carbocycles. The summed E-state index contributed by atoms with van der Waals surface area (Å²) in [6.45, 7) is 1.19. The topological polar surface area (TPSA) is 120 Å². The summed E-state index contributed by atoms with van der Waals surface area (Å²) in [5.41, 5.74) is 5.96. The van der Waals surface area contributed by atoms with Crippen molar-refractivity contribution in [1.82, 2.24) is 5.32 Å². The quantitative estimate of drug-likeness (QED) is 0.632. The van der Waals surface area contributed by atoms with Crippen molar-refractivity contribution >= 4 is 12.0 Å². The summed E-state index contributed by atoms with van der Waals surface area (Å²) in [6, 6.07) is 8.43. The zero-order valence-electron chi connectivity index (χ0n) is 13.9. The Hall–Kier alpha value is -2.16. The normalized spacial score (nSPS) is 17.5. The van der Waals surface area contributed by atoms with E-state index in [4.69, 9.17) is 19.9 Å². The molecular formula is C17H24N2O6. The van der Waals surface area contributed by atoms with Gasteiger partial charge in [0, 0.05) is 6.42 Å². The van der Waals surface area contributed by atoms with Crippen molar-refractivity contribution in [3.63, 3.8) is 0 Å². The lowest BCUT2D eigenvalue weighted by molar-refractivity contribution is -0.186. The third kappa shape index (κ3) is 7.08. The number of primary amides is 1. The van der Waals surface area contributed by atoms with Gasteiger partial charge < -0.3 is 30.4 Å². The standard InChI is InChI=1S/C17H24N2O6/c18-15(21)10-14(20)13(9-16-23-7-4-8-24-16)19-17(22)25-11-12-5-2-1-3-6-12/h1-3,5-6,13-14,16,20H,4,7-11H2,(H2,18,21)(H,19,22). The van der Waals surface area contributed by atoms with Crippen molar-refractivity contribution in [2.24, 2.45) is 5.73 Å². The summed E-state index contributed by atoms with van der Waals surface area (Å²) < 4.78 is 16.0. The third-order valence-corrected chi connectivity index (χ3v) is 3.73. The molecular weight excluding hydrogens is 328 g/mol. The molecule has 8 heteroatoms. The number of nitrogens with one attached hydrogen (secondary N) is 1. The Balaban J connectivity index is 1.88. The number of aliphatic hydroxyl groups excluding tert-OH is 1. The molecule has 0 radical (unpaired) electrons. The summed E-state index contributed by atoms with van der Waals surface area (Å²) in [5, 5.41) is 12.7. The zero-order chi connectivity index (χ0) is 18.1. The van der Waals surface area contributed by atoms with E-state index in [-0.39, 0.29) is 19.4 Å². The molecule has 0 spiro atoms. The van der Waals surface area contributed by atoms with Gasteiger partial charge in [-0.1, -0.05) is 30.3 Å². The van der Waals surface area contributed by atoms with Crippen LogP contribution >= 0.6 is 0 Å². The monoisotopic (exact) mass is 352 g/mol. The van der Waals surface area contributed by atoms with Crippen LogP contribution in [-0.2, 0) is 25.6 Å². The Bertz CT molecular complexity index is 547. The molecule has 1 saturated heterocycles. The molecule has 1 fully saturated rings. The molecule has 1 aliphatic heterocycles. The minimum atomic E-state index is -1.16. The van der Waals surface area contributed by atoms with Crippen molar-refractivity contribution in [2.45, 2.75) is 44.3 Å². The van der Waals surface area contributed by atoms with Crippen molar-refractivity contribution in [3.05, 3.63) is 35.9 Å². The van der Waals surface area contributed by atoms with Crippen molar-refractivity contribution in [3.8, 4) is 0 Å². The van der Waals surface area contributed by atoms with Crippen LogP contribution in [-0.4, -0.2) is 48.8 Å². The lowest BCUT2D eigenvalue weighted by atomic mass is 10.0. The minimum absolute atomic E-state index is 0.0989. The van der Waals surface area contributed by atoms with E-state index in [0.29, 0.717) is 13.2 Å². The Kier molecular flexibility index (Phi) is 7.65. The van der Waals surface area contributed by atoms with E-state index in [2.05, 4.69) is 5.32 Å². The van der Waals surface area contributed by atoms with Gasteiger partial charge in [-0.3, -0.25) is 4.79 Å². The molecule has 1 aliphatic rings. The fraction of sp³-hybridized carbons (Fsp3) is 0.529. The zero-order valence-corrected chi connectivity index (χ0v) is 13.9. The van der Waals surface area contributed by atoms with Gasteiger partial charge in [-0.05, 0) is 12.0 Å². The molecule has 138 valence electrons. The second-order valence-electron chi connectivity index (χ2n) is 5.81. The van der Waals surface area contributed by atoms with Gasteiger partial charge in [0.05, 0.1) is 31.8 Å². The Morgan fingerprint density at radius 1 is 1.28 bits per heavy atom. The van der Waals surface area contributed by atoms with E-state index in [1.807, 2.05) is 30.3 Å². The van der Waals surface area contributed by atoms with Gasteiger partial charge >= 0.3 is 6.09 Å². The van der Waals surface area contributed by atoms with E-state index in [1.54, 1.807) is 0 Å². The van der Waals surface area contributed by atoms with Crippen LogP contribution in [0.3, 0.4) is 0 Å². The fourth-order valence-corrected chi connectivity index (χ4v) is 2.46. The molecule has 2 unspecified atom stereocenters. The molecule has 25 heavy (non-hydrogen) atoms. The van der Waals surface area contributed by atoms with Gasteiger partial charge in [0.1, 0.15) is 6.61 Å². The molecule has 8 nitrogen and oxygen atoms in total. The third-order valence-electron chi connectivity index (χ3n) is 3.73. The number of hydrogen-bond donors (Lipinski definition) is 3. The first kappa shape index (κ1) is 19.2. The molecule has 2 atom stereocenters. The van der Waals surface area contributed by atoms with E-state index in [9.17, 15) is 14.7 Å². The number of benzene rings is 1. The molecule has 2 amide bonds. The van der Waals surface area contributed by atoms with Crippen LogP contribution < -0.4 is 11.1 Å². The molecule has 0 bridgehead atoms. The summed E-state index contributed by atoms with van der Waals surface area (Å²) in [5.74, 6) is -0.664. The van der Waals surface area contributed by atoms with E-state index in [0.717, 1.165) is 12.0 Å². The van der Waals surface area contributed by atoms with Crippen LogP contribution in [0.15, 0.2) is 30.3 Å². The van der Waals surface area contributed by atoms with Crippen LogP contribution in [0.1, 0.15) is 24.8 Å². The summed E-state index contributed by atoms with van der Waals surface area (Å²) >= 11 is 0. The second kappa shape index (κ2) is 9.97. The minimum Gasteiger partial charge on any atom is -0.445 e. The highest BCUT2D eigenvalue weighted by Crippen LogP contribution is 2.15. The van der Waals surface area contributed by atoms with Crippen molar-refractivity contribution in [1.29, 1.82) is 0 Å². The smallest absolute Gasteiger partial charge is 0.407 e. The fourth-order valence-electron chi connectivity index (χ4n) is 2.46. The van der Waals surface area contributed by atoms with Crippen LogP contribution in [0, 0.1) is 0 Å². The summed E-state index contributed by atoms with van der Waals surface area (Å²) in [4.78, 5) is 23.1. The van der Waals surface area contributed by atoms with Crippen LogP contribution in [0.25, 0.3) is 0 Å². The SMILES string of the molecule is NC(=O)CC(O)C(CC1OCCCO1)NC(=O)OCc1ccccc1. The van der Waals surface area contributed by atoms with Gasteiger partial charge in [-0.25, -0.2) is 4.79 Å². The van der Waals surface area contributed by atoms with Gasteiger partial charge in [-0.15, -0.1) is 0 Å². The van der Waals surface area contributed by atoms with Gasteiger partial charge in [0.2, 0.25) is 5.91 Å². The van der Waals surface area contributed by atoms with Crippen molar-refractivity contribution in [2.75, 3.05) is 13.2 Å². The van der Waals surface area contributed by atoms with Crippen LogP contribution in [0.4, 0.5) is 4.79 Å².